The molecule has 0 spiro atoms. The first-order valence-corrected chi connectivity index (χ1v) is 5.65. The van der Waals surface area contributed by atoms with Crippen molar-refractivity contribution < 1.29 is 14.9 Å². The van der Waals surface area contributed by atoms with E-state index in [2.05, 4.69) is 13.8 Å². The molecule has 3 nitrogen and oxygen atoms in total. The van der Waals surface area contributed by atoms with Crippen molar-refractivity contribution in [1.82, 2.24) is 0 Å². The number of hydrogen-bond donors (Lipinski definition) is 2. The molecule has 1 aliphatic rings. The second-order valence-corrected chi connectivity index (χ2v) is 4.77. The molecule has 0 saturated heterocycles. The lowest BCUT2D eigenvalue weighted by Gasteiger charge is -2.29. The number of fused-ring (bicyclic) bond motifs is 1. The molecule has 0 radical (unpaired) electrons. The predicted molar refractivity (Wildman–Crippen MR) is 62.1 cm³/mol. The van der Waals surface area contributed by atoms with E-state index < -0.39 is 0 Å². The first-order chi connectivity index (χ1) is 7.54. The molecule has 0 bridgehead atoms. The van der Waals surface area contributed by atoms with Crippen LogP contribution in [0.3, 0.4) is 0 Å². The average Bonchev–Trinajstić information content (AvgIpc) is 2.26. The Labute approximate surface area is 95.7 Å². The zero-order valence-electron chi connectivity index (χ0n) is 9.95. The van der Waals surface area contributed by atoms with Crippen LogP contribution in [0.4, 0.5) is 0 Å². The van der Waals surface area contributed by atoms with Gasteiger partial charge in [0.15, 0.2) is 11.5 Å². The molecule has 0 amide bonds. The first kappa shape index (κ1) is 11.1. The van der Waals surface area contributed by atoms with Crippen molar-refractivity contribution in [3.8, 4) is 17.2 Å². The van der Waals surface area contributed by atoms with E-state index in [4.69, 9.17) is 4.74 Å². The van der Waals surface area contributed by atoms with E-state index in [0.717, 1.165) is 24.0 Å². The Morgan fingerprint density at radius 1 is 1.12 bits per heavy atom. The van der Waals surface area contributed by atoms with Crippen molar-refractivity contribution in [2.45, 2.75) is 26.7 Å². The van der Waals surface area contributed by atoms with Crippen molar-refractivity contribution in [2.75, 3.05) is 7.11 Å². The van der Waals surface area contributed by atoms with Gasteiger partial charge in [-0.25, -0.2) is 0 Å². The van der Waals surface area contributed by atoms with Crippen LogP contribution in [0.15, 0.2) is 6.07 Å². The van der Waals surface area contributed by atoms with Gasteiger partial charge in [0.1, 0.15) is 5.75 Å². The van der Waals surface area contributed by atoms with Gasteiger partial charge in [-0.3, -0.25) is 0 Å². The lowest BCUT2D eigenvalue weighted by molar-refractivity contribution is 0.326. The Morgan fingerprint density at radius 3 is 2.25 bits per heavy atom. The molecule has 2 atom stereocenters. The molecule has 0 fully saturated rings. The van der Waals surface area contributed by atoms with Crippen LogP contribution in [0.5, 0.6) is 17.2 Å². The standard InChI is InChI=1S/C13H18O3/c1-7-4-9-10(5-8(7)2)13(15)12(16-3)6-11(9)14/h6-8,14-15H,4-5H2,1-3H3. The Bertz CT molecular complexity index is 412. The van der Waals surface area contributed by atoms with Gasteiger partial charge < -0.3 is 14.9 Å². The minimum atomic E-state index is 0.189. The minimum absolute atomic E-state index is 0.189. The van der Waals surface area contributed by atoms with E-state index >= 15 is 0 Å². The summed E-state index contributed by atoms with van der Waals surface area (Å²) in [6, 6.07) is 1.50. The molecule has 1 aliphatic carbocycles. The van der Waals surface area contributed by atoms with Gasteiger partial charge >= 0.3 is 0 Å². The van der Waals surface area contributed by atoms with Crippen LogP contribution < -0.4 is 4.74 Å². The zero-order valence-corrected chi connectivity index (χ0v) is 9.95. The number of methoxy groups -OCH3 is 1. The summed E-state index contributed by atoms with van der Waals surface area (Å²) in [5, 5.41) is 19.9. The van der Waals surface area contributed by atoms with E-state index in [9.17, 15) is 10.2 Å². The van der Waals surface area contributed by atoms with E-state index in [1.807, 2.05) is 0 Å². The van der Waals surface area contributed by atoms with E-state index in [-0.39, 0.29) is 11.5 Å². The number of phenols is 2. The zero-order chi connectivity index (χ0) is 11.9. The van der Waals surface area contributed by atoms with Gasteiger partial charge in [0.25, 0.3) is 0 Å². The van der Waals surface area contributed by atoms with Gasteiger partial charge in [0.2, 0.25) is 0 Å². The van der Waals surface area contributed by atoms with E-state index in [1.54, 1.807) is 0 Å². The normalized spacial score (nSPS) is 23.9. The maximum absolute atomic E-state index is 10.0. The van der Waals surface area contributed by atoms with Gasteiger partial charge in [-0.05, 0) is 24.7 Å². The molecule has 1 aromatic rings. The maximum Gasteiger partial charge on any atom is 0.164 e. The summed E-state index contributed by atoms with van der Waals surface area (Å²) in [5.74, 6) is 1.84. The Morgan fingerprint density at radius 2 is 1.69 bits per heavy atom. The number of aromatic hydroxyl groups is 2. The number of benzene rings is 1. The molecule has 1 aromatic carbocycles. The Kier molecular flexibility index (Phi) is 2.70. The molecule has 0 aromatic heterocycles. The van der Waals surface area contributed by atoms with E-state index in [0.29, 0.717) is 17.6 Å². The summed E-state index contributed by atoms with van der Waals surface area (Å²) in [6.07, 6.45) is 1.62. The lowest BCUT2D eigenvalue weighted by atomic mass is 9.77. The van der Waals surface area contributed by atoms with Gasteiger partial charge in [-0.15, -0.1) is 0 Å². The molecule has 0 saturated carbocycles. The summed E-state index contributed by atoms with van der Waals surface area (Å²) in [6.45, 7) is 4.35. The molecule has 88 valence electrons. The van der Waals surface area contributed by atoms with Crippen molar-refractivity contribution in [2.24, 2.45) is 11.8 Å². The number of hydrogen-bond acceptors (Lipinski definition) is 3. The van der Waals surface area contributed by atoms with Crippen LogP contribution in [0.1, 0.15) is 25.0 Å². The monoisotopic (exact) mass is 222 g/mol. The van der Waals surface area contributed by atoms with Crippen molar-refractivity contribution in [1.29, 1.82) is 0 Å². The van der Waals surface area contributed by atoms with Crippen molar-refractivity contribution in [3.05, 3.63) is 17.2 Å². The third-order valence-corrected chi connectivity index (χ3v) is 3.70. The fourth-order valence-electron chi connectivity index (χ4n) is 2.38. The SMILES string of the molecule is COc1cc(O)c2c(c1O)CC(C)C(C)C2. The molecule has 0 aliphatic heterocycles. The fraction of sp³-hybridized carbons (Fsp3) is 0.538. The fourth-order valence-corrected chi connectivity index (χ4v) is 2.38. The summed E-state index contributed by atoms with van der Waals surface area (Å²) in [5.41, 5.74) is 1.73. The highest BCUT2D eigenvalue weighted by Gasteiger charge is 2.28. The highest BCUT2D eigenvalue weighted by molar-refractivity contribution is 5.57. The summed E-state index contributed by atoms with van der Waals surface area (Å²) < 4.78 is 5.04. The second kappa shape index (κ2) is 3.89. The highest BCUT2D eigenvalue weighted by atomic mass is 16.5. The molecule has 16 heavy (non-hydrogen) atoms. The van der Waals surface area contributed by atoms with Crippen LogP contribution in [-0.4, -0.2) is 17.3 Å². The largest absolute Gasteiger partial charge is 0.508 e. The molecular weight excluding hydrogens is 204 g/mol. The van der Waals surface area contributed by atoms with Crippen LogP contribution in [0.2, 0.25) is 0 Å². The third kappa shape index (κ3) is 1.60. The van der Waals surface area contributed by atoms with Gasteiger partial charge in [0, 0.05) is 17.2 Å². The highest BCUT2D eigenvalue weighted by Crippen LogP contribution is 2.44. The van der Waals surface area contributed by atoms with Crippen LogP contribution in [0.25, 0.3) is 0 Å². The maximum atomic E-state index is 10.0. The Balaban J connectivity index is 2.55. The topological polar surface area (TPSA) is 49.7 Å². The van der Waals surface area contributed by atoms with Gasteiger partial charge in [-0.1, -0.05) is 13.8 Å². The molecule has 2 rings (SSSR count). The van der Waals surface area contributed by atoms with Crippen LogP contribution >= 0.6 is 0 Å². The molecule has 2 unspecified atom stereocenters. The smallest absolute Gasteiger partial charge is 0.164 e. The minimum Gasteiger partial charge on any atom is -0.508 e. The average molecular weight is 222 g/mol. The van der Waals surface area contributed by atoms with Crippen molar-refractivity contribution >= 4 is 0 Å². The first-order valence-electron chi connectivity index (χ1n) is 5.65. The lowest BCUT2D eigenvalue weighted by Crippen LogP contribution is -2.21. The number of ether oxygens (including phenoxy) is 1. The summed E-state index contributed by atoms with van der Waals surface area (Å²) >= 11 is 0. The van der Waals surface area contributed by atoms with Gasteiger partial charge in [0.05, 0.1) is 7.11 Å². The van der Waals surface area contributed by atoms with Crippen molar-refractivity contribution in [3.63, 3.8) is 0 Å². The summed E-state index contributed by atoms with van der Waals surface area (Å²) in [7, 11) is 1.50. The third-order valence-electron chi connectivity index (χ3n) is 3.70. The molecule has 2 N–H and O–H groups in total. The molecule has 0 heterocycles. The van der Waals surface area contributed by atoms with E-state index in [1.165, 1.54) is 13.2 Å². The van der Waals surface area contributed by atoms with Gasteiger partial charge in [-0.2, -0.15) is 0 Å². The molecular formula is C13H18O3. The predicted octanol–water partition coefficient (Wildman–Crippen LogP) is 2.48. The Hall–Kier alpha value is -1.38. The summed E-state index contributed by atoms with van der Waals surface area (Å²) in [4.78, 5) is 0. The second-order valence-electron chi connectivity index (χ2n) is 4.77. The number of phenolic OH excluding ortho intramolecular Hbond substituents is 2. The molecule has 3 heteroatoms. The van der Waals surface area contributed by atoms with Crippen LogP contribution in [-0.2, 0) is 12.8 Å². The van der Waals surface area contributed by atoms with Crippen LogP contribution in [0, 0.1) is 11.8 Å². The number of rotatable bonds is 1. The quantitative estimate of drug-likeness (QED) is 0.718.